The third kappa shape index (κ3) is 4.66. The van der Waals surface area contributed by atoms with Crippen molar-refractivity contribution in [2.45, 2.75) is 4.90 Å². The van der Waals surface area contributed by atoms with E-state index < -0.39 is 25.4 Å². The molecule has 0 aliphatic heterocycles. The van der Waals surface area contributed by atoms with Crippen molar-refractivity contribution in [3.8, 4) is 0 Å². The molecule has 0 bridgehead atoms. The molecule has 0 aliphatic rings. The molecular formula is C15H16N4O6S. The van der Waals surface area contributed by atoms with Gasteiger partial charge in [-0.3, -0.25) is 20.2 Å². The second-order valence-corrected chi connectivity index (χ2v) is 7.32. The van der Waals surface area contributed by atoms with Crippen LogP contribution in [-0.4, -0.2) is 37.6 Å². The molecule has 2 aromatic rings. The first-order valence-electron chi connectivity index (χ1n) is 7.40. The molecule has 10 nitrogen and oxygen atoms in total. The average Bonchev–Trinajstić information content (AvgIpc) is 2.58. The van der Waals surface area contributed by atoms with E-state index in [9.17, 15) is 28.6 Å². The van der Waals surface area contributed by atoms with E-state index in [4.69, 9.17) is 0 Å². The van der Waals surface area contributed by atoms with Crippen LogP contribution in [0, 0.1) is 20.2 Å². The summed E-state index contributed by atoms with van der Waals surface area (Å²) in [6.45, 7) is 0.628. The van der Waals surface area contributed by atoms with Crippen molar-refractivity contribution >= 4 is 32.6 Å². The van der Waals surface area contributed by atoms with E-state index in [0.29, 0.717) is 12.2 Å². The van der Waals surface area contributed by atoms with Crippen molar-refractivity contribution in [1.29, 1.82) is 0 Å². The second-order valence-electron chi connectivity index (χ2n) is 5.34. The van der Waals surface area contributed by atoms with Gasteiger partial charge < -0.3 is 10.6 Å². The lowest BCUT2D eigenvalue weighted by Gasteiger charge is -2.10. The summed E-state index contributed by atoms with van der Waals surface area (Å²) in [6.07, 6.45) is 0.912. The highest BCUT2D eigenvalue weighted by Gasteiger charge is 2.25. The summed E-state index contributed by atoms with van der Waals surface area (Å²) >= 11 is 0. The first-order valence-corrected chi connectivity index (χ1v) is 9.29. The number of nitrogens with zero attached hydrogens (tertiary/aromatic N) is 2. The van der Waals surface area contributed by atoms with Gasteiger partial charge in [-0.1, -0.05) is 6.07 Å². The van der Waals surface area contributed by atoms with Crippen LogP contribution in [0.1, 0.15) is 0 Å². The largest absolute Gasteiger partial charge is 0.383 e. The van der Waals surface area contributed by atoms with Gasteiger partial charge in [-0.05, 0) is 24.3 Å². The maximum atomic E-state index is 11.7. The number of non-ortho nitro benzene ring substituents is 1. The van der Waals surface area contributed by atoms with Crippen LogP contribution in [0.25, 0.3) is 0 Å². The molecule has 26 heavy (non-hydrogen) atoms. The van der Waals surface area contributed by atoms with Crippen LogP contribution in [0.3, 0.4) is 0 Å². The third-order valence-corrected chi connectivity index (χ3v) is 4.56. The summed E-state index contributed by atoms with van der Waals surface area (Å²) in [6, 6.07) is 9.85. The molecule has 2 N–H and O–H groups in total. The van der Waals surface area contributed by atoms with Crippen LogP contribution in [0.5, 0.6) is 0 Å². The van der Waals surface area contributed by atoms with Crippen LogP contribution in [0.15, 0.2) is 47.4 Å². The Morgan fingerprint density at radius 1 is 0.923 bits per heavy atom. The van der Waals surface area contributed by atoms with E-state index >= 15 is 0 Å². The second kappa shape index (κ2) is 7.78. The maximum absolute atomic E-state index is 11.7. The van der Waals surface area contributed by atoms with Crippen LogP contribution in [0.4, 0.5) is 22.7 Å². The molecule has 0 fully saturated rings. The summed E-state index contributed by atoms with van der Waals surface area (Å²) in [5.41, 5.74) is 0.229. The highest BCUT2D eigenvalue weighted by atomic mass is 32.2. The van der Waals surface area contributed by atoms with Gasteiger partial charge in [0.1, 0.15) is 10.6 Å². The Bertz CT molecular complexity index is 928. The van der Waals surface area contributed by atoms with E-state index in [2.05, 4.69) is 10.6 Å². The number of hydrogen-bond donors (Lipinski definition) is 2. The molecule has 2 aromatic carbocycles. The predicted molar refractivity (Wildman–Crippen MR) is 96.3 cm³/mol. The van der Waals surface area contributed by atoms with Crippen molar-refractivity contribution < 1.29 is 18.3 Å². The van der Waals surface area contributed by atoms with E-state index in [1.165, 1.54) is 30.3 Å². The monoisotopic (exact) mass is 380 g/mol. The number of nitrogens with one attached hydrogen (secondary N) is 2. The van der Waals surface area contributed by atoms with Gasteiger partial charge in [-0.15, -0.1) is 0 Å². The topological polar surface area (TPSA) is 144 Å². The standard InChI is InChI=1S/C15H16N4O6S/c1-26(24,25)14-4-2-3-13(15(14)19(22)23)17-10-9-16-11-5-7-12(8-6-11)18(20)21/h2-8,16-17H,9-10H2,1H3. The van der Waals surface area contributed by atoms with E-state index in [1.54, 1.807) is 12.1 Å². The van der Waals surface area contributed by atoms with E-state index in [1.807, 2.05) is 0 Å². The van der Waals surface area contributed by atoms with Crippen molar-refractivity contribution in [3.05, 3.63) is 62.7 Å². The fourth-order valence-electron chi connectivity index (χ4n) is 2.26. The zero-order chi connectivity index (χ0) is 19.3. The zero-order valence-corrected chi connectivity index (χ0v) is 14.5. The molecule has 0 amide bonds. The molecule has 0 aromatic heterocycles. The predicted octanol–water partition coefficient (Wildman–Crippen LogP) is 2.43. The maximum Gasteiger partial charge on any atom is 0.310 e. The summed E-state index contributed by atoms with van der Waals surface area (Å²) < 4.78 is 23.4. The van der Waals surface area contributed by atoms with E-state index in [-0.39, 0.29) is 22.8 Å². The van der Waals surface area contributed by atoms with Crippen molar-refractivity contribution in [1.82, 2.24) is 0 Å². The van der Waals surface area contributed by atoms with Crippen LogP contribution in [-0.2, 0) is 9.84 Å². The average molecular weight is 380 g/mol. The number of hydrogen-bond acceptors (Lipinski definition) is 8. The van der Waals surface area contributed by atoms with Gasteiger partial charge in [0.25, 0.3) is 5.69 Å². The fraction of sp³-hybridized carbons (Fsp3) is 0.200. The Morgan fingerprint density at radius 3 is 2.08 bits per heavy atom. The lowest BCUT2D eigenvalue weighted by atomic mass is 10.2. The normalized spacial score (nSPS) is 11.0. The zero-order valence-electron chi connectivity index (χ0n) is 13.7. The van der Waals surface area contributed by atoms with Gasteiger partial charge in [0, 0.05) is 37.2 Å². The number of para-hydroxylation sites is 1. The first kappa shape index (κ1) is 19.1. The highest BCUT2D eigenvalue weighted by molar-refractivity contribution is 7.90. The first-order chi connectivity index (χ1) is 12.2. The van der Waals surface area contributed by atoms with E-state index in [0.717, 1.165) is 6.26 Å². The number of rotatable bonds is 8. The van der Waals surface area contributed by atoms with Crippen molar-refractivity contribution in [2.75, 3.05) is 30.0 Å². The number of anilines is 2. The third-order valence-electron chi connectivity index (χ3n) is 3.43. The molecule has 0 aliphatic carbocycles. The molecule has 11 heteroatoms. The van der Waals surface area contributed by atoms with Crippen LogP contribution < -0.4 is 10.6 Å². The summed E-state index contributed by atoms with van der Waals surface area (Å²) in [4.78, 5) is 20.3. The number of benzene rings is 2. The Labute approximate surface area is 149 Å². The minimum Gasteiger partial charge on any atom is -0.383 e. The Balaban J connectivity index is 2.04. The van der Waals surface area contributed by atoms with Gasteiger partial charge in [0.2, 0.25) is 0 Å². The number of nitro benzene ring substituents is 2. The highest BCUT2D eigenvalue weighted by Crippen LogP contribution is 2.31. The molecule has 0 atom stereocenters. The SMILES string of the molecule is CS(=O)(=O)c1cccc(NCCNc2ccc([N+](=O)[O-])cc2)c1[N+](=O)[O-]. The summed E-state index contributed by atoms with van der Waals surface area (Å²) in [5.74, 6) is 0. The van der Waals surface area contributed by atoms with Crippen LogP contribution in [0.2, 0.25) is 0 Å². The lowest BCUT2D eigenvalue weighted by molar-refractivity contribution is -0.386. The minimum atomic E-state index is -3.74. The fourth-order valence-corrected chi connectivity index (χ4v) is 3.12. The van der Waals surface area contributed by atoms with Crippen LogP contribution >= 0.6 is 0 Å². The smallest absolute Gasteiger partial charge is 0.310 e. The molecule has 0 heterocycles. The molecule has 138 valence electrons. The molecule has 0 saturated heterocycles. The van der Waals surface area contributed by atoms with Gasteiger partial charge in [0.05, 0.1) is 9.85 Å². The van der Waals surface area contributed by atoms with Crippen molar-refractivity contribution in [3.63, 3.8) is 0 Å². The summed E-state index contributed by atoms with van der Waals surface area (Å²) in [5, 5.41) is 27.7. The molecule has 2 rings (SSSR count). The Kier molecular flexibility index (Phi) is 5.72. The molecule has 0 unspecified atom stereocenters. The van der Waals surface area contributed by atoms with Gasteiger partial charge in [-0.25, -0.2) is 8.42 Å². The molecule has 0 radical (unpaired) electrons. The van der Waals surface area contributed by atoms with Gasteiger partial charge in [0.15, 0.2) is 9.84 Å². The minimum absolute atomic E-state index is 0.0260. The Hall–Kier alpha value is -3.21. The molecular weight excluding hydrogens is 364 g/mol. The summed E-state index contributed by atoms with van der Waals surface area (Å²) in [7, 11) is -3.74. The molecule has 0 spiro atoms. The number of sulfone groups is 1. The quantitative estimate of drug-likeness (QED) is 0.403. The Morgan fingerprint density at radius 2 is 1.54 bits per heavy atom. The molecule has 0 saturated carbocycles. The van der Waals surface area contributed by atoms with Crippen molar-refractivity contribution in [2.24, 2.45) is 0 Å². The number of nitro groups is 2. The van der Waals surface area contributed by atoms with Gasteiger partial charge >= 0.3 is 5.69 Å². The lowest BCUT2D eigenvalue weighted by Crippen LogP contribution is -2.15. The van der Waals surface area contributed by atoms with Gasteiger partial charge in [-0.2, -0.15) is 0 Å².